The molecule has 1 aliphatic heterocycles. The summed E-state index contributed by atoms with van der Waals surface area (Å²) in [5.74, 6) is -0.462. The minimum Gasteiger partial charge on any atom is -0.468 e. The lowest BCUT2D eigenvalue weighted by Gasteiger charge is -2.40. The largest absolute Gasteiger partial charge is 0.468 e. The van der Waals surface area contributed by atoms with E-state index in [1.165, 1.54) is 7.11 Å². The number of nitrogens with two attached hydrogens (primary N) is 1. The maximum atomic E-state index is 12.3. The van der Waals surface area contributed by atoms with Crippen molar-refractivity contribution >= 4 is 12.1 Å². The molecule has 0 aromatic heterocycles. The highest BCUT2D eigenvalue weighted by atomic mass is 16.6. The Morgan fingerprint density at radius 3 is 2.29 bits per heavy atom. The molecule has 0 bridgehead atoms. The number of ether oxygens (including phenoxy) is 2. The van der Waals surface area contributed by atoms with Crippen molar-refractivity contribution in [3.05, 3.63) is 0 Å². The number of rotatable bonds is 3. The Kier molecular flexibility index (Phi) is 5.25. The van der Waals surface area contributed by atoms with Crippen molar-refractivity contribution in [2.45, 2.75) is 65.1 Å². The van der Waals surface area contributed by atoms with Crippen LogP contribution in [0.1, 0.15) is 47.5 Å². The van der Waals surface area contributed by atoms with Crippen LogP contribution in [-0.4, -0.2) is 48.3 Å². The quantitative estimate of drug-likeness (QED) is 0.805. The van der Waals surface area contributed by atoms with Gasteiger partial charge in [0.1, 0.15) is 11.6 Å². The zero-order valence-electron chi connectivity index (χ0n) is 13.9. The number of amides is 1. The molecule has 0 aromatic rings. The fraction of sp³-hybridized carbons (Fsp3) is 0.867. The van der Waals surface area contributed by atoms with E-state index in [0.717, 1.165) is 12.8 Å². The van der Waals surface area contributed by atoms with Gasteiger partial charge in [0.05, 0.1) is 7.11 Å². The summed E-state index contributed by atoms with van der Waals surface area (Å²) in [6.07, 6.45) is 1.33. The van der Waals surface area contributed by atoms with Crippen molar-refractivity contribution in [3.63, 3.8) is 0 Å². The van der Waals surface area contributed by atoms with Gasteiger partial charge >= 0.3 is 12.1 Å². The highest BCUT2D eigenvalue weighted by molar-refractivity contribution is 5.77. The second-order valence-corrected chi connectivity index (χ2v) is 7.15. The van der Waals surface area contributed by atoms with Crippen LogP contribution in [0.2, 0.25) is 0 Å². The first-order valence-electron chi connectivity index (χ1n) is 7.33. The summed E-state index contributed by atoms with van der Waals surface area (Å²) in [6.45, 7) is 9.91. The number of carbonyl (C=O) groups is 2. The molecule has 1 fully saturated rings. The van der Waals surface area contributed by atoms with E-state index in [0.29, 0.717) is 6.54 Å². The van der Waals surface area contributed by atoms with Crippen molar-refractivity contribution in [2.24, 2.45) is 11.1 Å². The molecule has 0 saturated carbocycles. The molecule has 6 nitrogen and oxygen atoms in total. The van der Waals surface area contributed by atoms with E-state index in [-0.39, 0.29) is 12.1 Å². The first-order valence-corrected chi connectivity index (χ1v) is 7.33. The van der Waals surface area contributed by atoms with Gasteiger partial charge in [-0.1, -0.05) is 13.8 Å². The highest BCUT2D eigenvalue weighted by Gasteiger charge is 2.46. The molecule has 0 radical (unpaired) electrons. The van der Waals surface area contributed by atoms with Gasteiger partial charge in [-0.15, -0.1) is 0 Å². The van der Waals surface area contributed by atoms with E-state index < -0.39 is 23.0 Å². The number of nitrogens with zero attached hydrogens (tertiary/aromatic N) is 1. The second-order valence-electron chi connectivity index (χ2n) is 7.15. The highest BCUT2D eigenvalue weighted by Crippen LogP contribution is 2.36. The lowest BCUT2D eigenvalue weighted by atomic mass is 9.76. The summed E-state index contributed by atoms with van der Waals surface area (Å²) in [7, 11) is 1.32. The number of carbonyl (C=O) groups excluding carboxylic acids is 2. The Balaban J connectivity index is 2.90. The van der Waals surface area contributed by atoms with Gasteiger partial charge in [-0.05, 0) is 33.6 Å². The van der Waals surface area contributed by atoms with Crippen LogP contribution in [0.4, 0.5) is 4.79 Å². The van der Waals surface area contributed by atoms with E-state index in [9.17, 15) is 9.59 Å². The first-order chi connectivity index (χ1) is 9.50. The maximum Gasteiger partial charge on any atom is 0.410 e. The van der Waals surface area contributed by atoms with E-state index >= 15 is 0 Å². The molecule has 1 heterocycles. The summed E-state index contributed by atoms with van der Waals surface area (Å²) in [5, 5.41) is 0. The molecular weight excluding hydrogens is 272 g/mol. The number of hydrogen-bond donors (Lipinski definition) is 1. The molecular formula is C15H28N2O4. The van der Waals surface area contributed by atoms with Crippen molar-refractivity contribution in [3.8, 4) is 0 Å². The number of methoxy groups -OCH3 is 1. The zero-order chi connectivity index (χ0) is 16.4. The van der Waals surface area contributed by atoms with Crippen molar-refractivity contribution in [1.82, 2.24) is 4.90 Å². The van der Waals surface area contributed by atoms with Gasteiger partial charge < -0.3 is 20.1 Å². The second kappa shape index (κ2) is 6.22. The van der Waals surface area contributed by atoms with Gasteiger partial charge in [-0.3, -0.25) is 4.79 Å². The molecule has 21 heavy (non-hydrogen) atoms. The minimum absolute atomic E-state index is 0.138. The summed E-state index contributed by atoms with van der Waals surface area (Å²) in [4.78, 5) is 25.8. The standard InChI is InChI=1S/C15H28N2O4/c1-14(2,3)21-13(19)17-9-7-8-10(17)15(4,5)11(16)12(18)20-6/h10-11H,7-9,16H2,1-6H3. The van der Waals surface area contributed by atoms with Gasteiger partial charge in [0, 0.05) is 18.0 Å². The molecule has 122 valence electrons. The third kappa shape index (κ3) is 4.09. The molecule has 1 saturated heterocycles. The minimum atomic E-state index is -0.782. The normalized spacial score (nSPS) is 21.1. The molecule has 1 rings (SSSR count). The van der Waals surface area contributed by atoms with Gasteiger partial charge in [-0.25, -0.2) is 4.79 Å². The Morgan fingerprint density at radius 2 is 1.81 bits per heavy atom. The Hall–Kier alpha value is -1.30. The van der Waals surface area contributed by atoms with Crippen LogP contribution in [0.5, 0.6) is 0 Å². The number of hydrogen-bond acceptors (Lipinski definition) is 5. The molecule has 2 atom stereocenters. The molecule has 0 aliphatic carbocycles. The maximum absolute atomic E-state index is 12.3. The average molecular weight is 300 g/mol. The molecule has 1 amide bonds. The van der Waals surface area contributed by atoms with Gasteiger partial charge in [-0.2, -0.15) is 0 Å². The number of likely N-dealkylation sites (tertiary alicyclic amines) is 1. The third-order valence-corrected chi connectivity index (χ3v) is 4.00. The summed E-state index contributed by atoms with van der Waals surface area (Å²) in [5.41, 5.74) is 4.90. The lowest BCUT2D eigenvalue weighted by molar-refractivity contribution is -0.146. The summed E-state index contributed by atoms with van der Waals surface area (Å²) >= 11 is 0. The third-order valence-electron chi connectivity index (χ3n) is 4.00. The van der Waals surface area contributed by atoms with Crippen LogP contribution in [0.25, 0.3) is 0 Å². The zero-order valence-corrected chi connectivity index (χ0v) is 13.9. The molecule has 1 aliphatic rings. The van der Waals surface area contributed by atoms with E-state index in [2.05, 4.69) is 0 Å². The van der Waals surface area contributed by atoms with E-state index in [1.54, 1.807) is 4.90 Å². The molecule has 0 spiro atoms. The van der Waals surface area contributed by atoms with Crippen LogP contribution in [-0.2, 0) is 14.3 Å². The molecule has 6 heteroatoms. The fourth-order valence-corrected chi connectivity index (χ4v) is 2.72. The van der Waals surface area contributed by atoms with Crippen LogP contribution < -0.4 is 5.73 Å². The predicted octanol–water partition coefficient (Wildman–Crippen LogP) is 1.91. The fourth-order valence-electron chi connectivity index (χ4n) is 2.72. The Bertz CT molecular complexity index is 401. The van der Waals surface area contributed by atoms with Crippen molar-refractivity contribution in [2.75, 3.05) is 13.7 Å². The lowest BCUT2D eigenvalue weighted by Crippen LogP contribution is -2.56. The van der Waals surface area contributed by atoms with Gasteiger partial charge in [0.25, 0.3) is 0 Å². The molecule has 0 aromatic carbocycles. The van der Waals surface area contributed by atoms with Crippen molar-refractivity contribution in [1.29, 1.82) is 0 Å². The molecule has 2 N–H and O–H groups in total. The topological polar surface area (TPSA) is 81.9 Å². The van der Waals surface area contributed by atoms with Gasteiger partial charge in [0.15, 0.2) is 0 Å². The van der Waals surface area contributed by atoms with Gasteiger partial charge in [0.2, 0.25) is 0 Å². The average Bonchev–Trinajstić information content (AvgIpc) is 2.84. The van der Waals surface area contributed by atoms with E-state index in [1.807, 2.05) is 34.6 Å². The molecule has 2 unspecified atom stereocenters. The van der Waals surface area contributed by atoms with E-state index in [4.69, 9.17) is 15.2 Å². The number of esters is 1. The Morgan fingerprint density at radius 1 is 1.24 bits per heavy atom. The van der Waals surface area contributed by atoms with Crippen LogP contribution in [0.15, 0.2) is 0 Å². The summed E-state index contributed by atoms with van der Waals surface area (Å²) < 4.78 is 10.2. The Labute approximate surface area is 126 Å². The SMILES string of the molecule is COC(=O)C(N)C(C)(C)C1CCCN1C(=O)OC(C)(C)C. The van der Waals surface area contributed by atoms with Crippen molar-refractivity contribution < 1.29 is 19.1 Å². The smallest absolute Gasteiger partial charge is 0.410 e. The monoisotopic (exact) mass is 300 g/mol. The summed E-state index contributed by atoms with van der Waals surface area (Å²) in [6, 6.07) is -0.919. The first kappa shape index (κ1) is 17.8. The van der Waals surface area contributed by atoms with Crippen LogP contribution in [0, 0.1) is 5.41 Å². The van der Waals surface area contributed by atoms with Crippen LogP contribution in [0.3, 0.4) is 0 Å². The van der Waals surface area contributed by atoms with Crippen LogP contribution >= 0.6 is 0 Å². The predicted molar refractivity (Wildman–Crippen MR) is 79.7 cm³/mol.